The molecule has 0 amide bonds. The lowest BCUT2D eigenvalue weighted by Crippen LogP contribution is -2.45. The van der Waals surface area contributed by atoms with E-state index in [0.717, 1.165) is 48.2 Å². The van der Waals surface area contributed by atoms with Gasteiger partial charge in [-0.1, -0.05) is 0 Å². The minimum absolute atomic E-state index is 0.0730. The summed E-state index contributed by atoms with van der Waals surface area (Å²) in [7, 11) is 3.98. The fourth-order valence-corrected chi connectivity index (χ4v) is 3.81. The number of anilines is 1. The second kappa shape index (κ2) is 8.43. The topological polar surface area (TPSA) is 92.9 Å². The molecular weight excluding hydrogens is 404 g/mol. The highest BCUT2D eigenvalue weighted by molar-refractivity contribution is 5.96. The Morgan fingerprint density at radius 2 is 1.78 bits per heavy atom. The van der Waals surface area contributed by atoms with E-state index in [1.165, 1.54) is 0 Å². The third-order valence-electron chi connectivity index (χ3n) is 5.72. The van der Waals surface area contributed by atoms with Crippen LogP contribution in [0, 0.1) is 0 Å². The first-order chi connectivity index (χ1) is 15.5. The maximum absolute atomic E-state index is 12.9. The lowest BCUT2D eigenvalue weighted by atomic mass is 10.1. The smallest absolute Gasteiger partial charge is 0.226 e. The molecule has 4 aromatic heterocycles. The van der Waals surface area contributed by atoms with Gasteiger partial charge in [0.15, 0.2) is 5.78 Å². The molecule has 9 nitrogen and oxygen atoms in total. The highest BCUT2D eigenvalue weighted by Gasteiger charge is 2.18. The van der Waals surface area contributed by atoms with E-state index >= 15 is 0 Å². The van der Waals surface area contributed by atoms with Crippen LogP contribution in [0.25, 0.3) is 22.0 Å². The Labute approximate surface area is 185 Å². The summed E-state index contributed by atoms with van der Waals surface area (Å²) in [6, 6.07) is 5.61. The lowest BCUT2D eigenvalue weighted by Gasteiger charge is -2.32. The van der Waals surface area contributed by atoms with Gasteiger partial charge in [0.1, 0.15) is 5.69 Å². The van der Waals surface area contributed by atoms with Gasteiger partial charge >= 0.3 is 0 Å². The number of carbonyl (C=O) groups excluding carboxylic acids is 1. The standard InChI is InChI=1S/C23H24N8O/c1-29-5-7-31(8-6-29)23-24-4-3-20(28-23)22(32)11-19-9-16-10-21(18-14-27-30(2)15-18)26-13-17(16)12-25-19/h3-4,9-10,12-15H,5-8,11H2,1-2H3. The summed E-state index contributed by atoms with van der Waals surface area (Å²) in [4.78, 5) is 35.2. The second-order valence-corrected chi connectivity index (χ2v) is 8.13. The molecule has 1 aliphatic rings. The van der Waals surface area contributed by atoms with Crippen molar-refractivity contribution in [2.24, 2.45) is 7.05 Å². The molecule has 1 fully saturated rings. The molecule has 9 heteroatoms. The summed E-state index contributed by atoms with van der Waals surface area (Å²) in [5.41, 5.74) is 2.90. The van der Waals surface area contributed by atoms with Crippen LogP contribution in [0.1, 0.15) is 16.2 Å². The van der Waals surface area contributed by atoms with Crippen molar-refractivity contribution in [1.29, 1.82) is 0 Å². The average Bonchev–Trinajstić information content (AvgIpc) is 3.25. The van der Waals surface area contributed by atoms with E-state index in [-0.39, 0.29) is 12.2 Å². The van der Waals surface area contributed by atoms with Crippen LogP contribution < -0.4 is 4.90 Å². The fourth-order valence-electron chi connectivity index (χ4n) is 3.81. The number of fused-ring (bicyclic) bond motifs is 1. The lowest BCUT2D eigenvalue weighted by molar-refractivity contribution is 0.0987. The third kappa shape index (κ3) is 4.19. The molecule has 1 saturated heterocycles. The van der Waals surface area contributed by atoms with Gasteiger partial charge in [-0.15, -0.1) is 0 Å². The van der Waals surface area contributed by atoms with Gasteiger partial charge in [-0.25, -0.2) is 9.97 Å². The number of hydrogen-bond donors (Lipinski definition) is 0. The number of Topliss-reactive ketones (excluding diaryl/α,β-unsaturated/α-hetero) is 1. The molecule has 0 radical (unpaired) electrons. The van der Waals surface area contributed by atoms with Crippen LogP contribution in [0.4, 0.5) is 5.95 Å². The van der Waals surface area contributed by atoms with Crippen LogP contribution in [0.3, 0.4) is 0 Å². The van der Waals surface area contributed by atoms with Crippen molar-refractivity contribution >= 4 is 22.5 Å². The van der Waals surface area contributed by atoms with Gasteiger partial charge in [-0.2, -0.15) is 5.10 Å². The zero-order valence-corrected chi connectivity index (χ0v) is 18.1. The molecule has 0 atom stereocenters. The third-order valence-corrected chi connectivity index (χ3v) is 5.72. The fraction of sp³-hybridized carbons (Fsp3) is 0.304. The molecule has 5 rings (SSSR count). The molecule has 0 saturated carbocycles. The van der Waals surface area contributed by atoms with Gasteiger partial charge in [-0.05, 0) is 30.6 Å². The Kier molecular flexibility index (Phi) is 5.32. The van der Waals surface area contributed by atoms with Crippen LogP contribution in [-0.4, -0.2) is 73.6 Å². The summed E-state index contributed by atoms with van der Waals surface area (Å²) in [6.45, 7) is 3.62. The maximum Gasteiger partial charge on any atom is 0.226 e. The highest BCUT2D eigenvalue weighted by Crippen LogP contribution is 2.22. The molecule has 0 N–H and O–H groups in total. The van der Waals surface area contributed by atoms with E-state index in [4.69, 9.17) is 0 Å². The maximum atomic E-state index is 12.9. The van der Waals surface area contributed by atoms with Crippen molar-refractivity contribution in [1.82, 2.24) is 34.6 Å². The number of nitrogens with zero attached hydrogens (tertiary/aromatic N) is 8. The zero-order valence-electron chi connectivity index (χ0n) is 18.1. The van der Waals surface area contributed by atoms with Gasteiger partial charge in [-0.3, -0.25) is 19.4 Å². The second-order valence-electron chi connectivity index (χ2n) is 8.13. The number of carbonyl (C=O) groups is 1. The van der Waals surface area contributed by atoms with Crippen molar-refractivity contribution in [3.8, 4) is 11.3 Å². The normalized spacial score (nSPS) is 14.8. The number of rotatable bonds is 5. The van der Waals surface area contributed by atoms with Crippen molar-refractivity contribution in [2.75, 3.05) is 38.1 Å². The summed E-state index contributed by atoms with van der Waals surface area (Å²) in [5, 5.41) is 6.12. The molecule has 0 bridgehead atoms. The first kappa shape index (κ1) is 20.2. The van der Waals surface area contributed by atoms with Crippen LogP contribution in [0.2, 0.25) is 0 Å². The molecule has 0 spiro atoms. The van der Waals surface area contributed by atoms with Crippen LogP contribution in [0.15, 0.2) is 49.2 Å². The minimum Gasteiger partial charge on any atom is -0.338 e. The number of piperazine rings is 1. The monoisotopic (exact) mass is 428 g/mol. The first-order valence-corrected chi connectivity index (χ1v) is 10.6. The Hall–Kier alpha value is -3.72. The quantitative estimate of drug-likeness (QED) is 0.446. The number of hydrogen-bond acceptors (Lipinski definition) is 8. The number of aryl methyl sites for hydroxylation is 1. The largest absolute Gasteiger partial charge is 0.338 e. The van der Waals surface area contributed by atoms with Gasteiger partial charge in [0.05, 0.1) is 18.3 Å². The molecule has 0 unspecified atom stereocenters. The van der Waals surface area contributed by atoms with Gasteiger partial charge in [0, 0.05) is 74.7 Å². The van der Waals surface area contributed by atoms with Crippen molar-refractivity contribution in [3.05, 3.63) is 60.6 Å². The predicted molar refractivity (Wildman–Crippen MR) is 122 cm³/mol. The van der Waals surface area contributed by atoms with Crippen LogP contribution in [-0.2, 0) is 13.5 Å². The molecule has 1 aliphatic heterocycles. The highest BCUT2D eigenvalue weighted by atomic mass is 16.1. The van der Waals surface area contributed by atoms with E-state index in [0.29, 0.717) is 17.3 Å². The molecule has 32 heavy (non-hydrogen) atoms. The summed E-state index contributed by atoms with van der Waals surface area (Å²) in [5.74, 6) is 0.541. The SMILES string of the molecule is CN1CCN(c2nccc(C(=O)Cc3cc4cc(-c5cnn(C)c5)ncc4cn3)n2)CC1. The Balaban J connectivity index is 1.36. The summed E-state index contributed by atoms with van der Waals surface area (Å²) < 4.78 is 1.75. The van der Waals surface area contributed by atoms with E-state index < -0.39 is 0 Å². The van der Waals surface area contributed by atoms with Gasteiger partial charge in [0.2, 0.25) is 5.95 Å². The van der Waals surface area contributed by atoms with E-state index in [9.17, 15) is 4.79 Å². The summed E-state index contributed by atoms with van der Waals surface area (Å²) >= 11 is 0. The average molecular weight is 429 g/mol. The Morgan fingerprint density at radius 3 is 2.56 bits per heavy atom. The Morgan fingerprint density at radius 1 is 0.969 bits per heavy atom. The van der Waals surface area contributed by atoms with E-state index in [1.54, 1.807) is 35.5 Å². The molecule has 0 aliphatic carbocycles. The van der Waals surface area contributed by atoms with E-state index in [1.807, 2.05) is 25.4 Å². The van der Waals surface area contributed by atoms with Crippen molar-refractivity contribution in [2.45, 2.75) is 6.42 Å². The molecular formula is C23H24N8O. The molecule has 0 aromatic carbocycles. The van der Waals surface area contributed by atoms with Gasteiger partial charge in [0.25, 0.3) is 0 Å². The van der Waals surface area contributed by atoms with Crippen LogP contribution >= 0.6 is 0 Å². The number of likely N-dealkylation sites (N-methyl/N-ethyl adjacent to an activating group) is 1. The molecule has 4 aromatic rings. The molecule has 162 valence electrons. The van der Waals surface area contributed by atoms with Crippen molar-refractivity contribution < 1.29 is 4.79 Å². The number of pyridine rings is 2. The zero-order chi connectivity index (χ0) is 22.1. The van der Waals surface area contributed by atoms with E-state index in [2.05, 4.69) is 41.9 Å². The first-order valence-electron chi connectivity index (χ1n) is 10.6. The van der Waals surface area contributed by atoms with Crippen molar-refractivity contribution in [3.63, 3.8) is 0 Å². The van der Waals surface area contributed by atoms with Crippen LogP contribution in [0.5, 0.6) is 0 Å². The number of ketones is 1. The minimum atomic E-state index is -0.0730. The Bertz CT molecular complexity index is 1280. The predicted octanol–water partition coefficient (Wildman–Crippen LogP) is 2.00. The number of aromatic nitrogens is 6. The molecule has 5 heterocycles. The summed E-state index contributed by atoms with van der Waals surface area (Å²) in [6.07, 6.45) is 9.10. The van der Waals surface area contributed by atoms with Gasteiger partial charge < -0.3 is 9.80 Å².